The van der Waals surface area contributed by atoms with Crippen molar-refractivity contribution in [1.82, 2.24) is 9.80 Å². The van der Waals surface area contributed by atoms with Gasteiger partial charge in [0.25, 0.3) is 0 Å². The molecule has 0 aliphatic carbocycles. The van der Waals surface area contributed by atoms with E-state index in [9.17, 15) is 14.0 Å². The van der Waals surface area contributed by atoms with E-state index in [1.165, 1.54) is 6.07 Å². The number of likely N-dealkylation sites (tertiary alicyclic amines) is 1. The molecule has 5 heteroatoms. The fraction of sp³-hybridized carbons (Fsp3) is 0.417. The fourth-order valence-corrected chi connectivity index (χ4v) is 4.33. The minimum atomic E-state index is -0.619. The maximum absolute atomic E-state index is 14.1. The Morgan fingerprint density at radius 1 is 1.10 bits per heavy atom. The van der Waals surface area contributed by atoms with Gasteiger partial charge in [0.2, 0.25) is 11.8 Å². The predicted molar refractivity (Wildman–Crippen MR) is 113 cm³/mol. The standard InChI is InChI=1S/C24H29FN2O2/c1-4-22(28)27-15-7-14-24(17-27,23(29)26(2)3)16-18-10-12-19(13-11-18)20-8-5-6-9-21(20)25/h5-6,8-13H,4,7,14-17H2,1-3H3. The Hall–Kier alpha value is -2.69. The first-order chi connectivity index (χ1) is 13.9. The molecule has 29 heavy (non-hydrogen) atoms. The highest BCUT2D eigenvalue weighted by Gasteiger charge is 2.44. The molecule has 2 amide bonds. The van der Waals surface area contributed by atoms with Crippen molar-refractivity contribution in [2.24, 2.45) is 5.41 Å². The van der Waals surface area contributed by atoms with Gasteiger partial charge in [-0.1, -0.05) is 49.4 Å². The second-order valence-electron chi connectivity index (χ2n) is 8.11. The molecule has 0 spiro atoms. The monoisotopic (exact) mass is 396 g/mol. The molecule has 1 aliphatic rings. The third kappa shape index (κ3) is 4.50. The summed E-state index contributed by atoms with van der Waals surface area (Å²) in [5, 5.41) is 0. The molecular formula is C24H29FN2O2. The zero-order chi connectivity index (χ0) is 21.0. The first-order valence-corrected chi connectivity index (χ1v) is 10.2. The van der Waals surface area contributed by atoms with E-state index in [2.05, 4.69) is 0 Å². The van der Waals surface area contributed by atoms with Crippen LogP contribution in [0.25, 0.3) is 11.1 Å². The lowest BCUT2D eigenvalue weighted by molar-refractivity contribution is -0.147. The van der Waals surface area contributed by atoms with Crippen molar-refractivity contribution in [3.63, 3.8) is 0 Å². The number of halogens is 1. The van der Waals surface area contributed by atoms with E-state index in [0.29, 0.717) is 31.5 Å². The minimum Gasteiger partial charge on any atom is -0.348 e. The average Bonchev–Trinajstić information content (AvgIpc) is 2.73. The molecule has 1 atom stereocenters. The summed E-state index contributed by atoms with van der Waals surface area (Å²) >= 11 is 0. The lowest BCUT2D eigenvalue weighted by atomic mass is 9.73. The molecule has 0 bridgehead atoms. The Morgan fingerprint density at radius 2 is 1.79 bits per heavy atom. The van der Waals surface area contributed by atoms with Gasteiger partial charge in [-0.25, -0.2) is 4.39 Å². The highest BCUT2D eigenvalue weighted by atomic mass is 19.1. The first kappa shape index (κ1) is 21.0. The second kappa shape index (κ2) is 8.76. The van der Waals surface area contributed by atoms with Gasteiger partial charge >= 0.3 is 0 Å². The molecule has 3 rings (SSSR count). The molecule has 0 radical (unpaired) electrons. The molecule has 1 aliphatic heterocycles. The molecule has 0 saturated carbocycles. The van der Waals surface area contributed by atoms with E-state index < -0.39 is 5.41 Å². The van der Waals surface area contributed by atoms with Crippen LogP contribution >= 0.6 is 0 Å². The summed E-state index contributed by atoms with van der Waals surface area (Å²) in [5.41, 5.74) is 1.78. The van der Waals surface area contributed by atoms with E-state index >= 15 is 0 Å². The topological polar surface area (TPSA) is 40.6 Å². The van der Waals surface area contributed by atoms with Crippen molar-refractivity contribution in [1.29, 1.82) is 0 Å². The summed E-state index contributed by atoms with van der Waals surface area (Å²) in [4.78, 5) is 28.9. The Kier molecular flexibility index (Phi) is 6.36. The number of rotatable bonds is 5. The second-order valence-corrected chi connectivity index (χ2v) is 8.11. The van der Waals surface area contributed by atoms with Gasteiger partial charge in [-0.3, -0.25) is 9.59 Å². The van der Waals surface area contributed by atoms with Gasteiger partial charge < -0.3 is 9.80 Å². The molecule has 1 heterocycles. The highest BCUT2D eigenvalue weighted by molar-refractivity contribution is 5.84. The van der Waals surface area contributed by atoms with Crippen LogP contribution in [0.3, 0.4) is 0 Å². The number of hydrogen-bond acceptors (Lipinski definition) is 2. The quantitative estimate of drug-likeness (QED) is 0.762. The van der Waals surface area contributed by atoms with Crippen LogP contribution in [0.15, 0.2) is 48.5 Å². The Labute approximate surface area is 172 Å². The molecule has 0 N–H and O–H groups in total. The summed E-state index contributed by atoms with van der Waals surface area (Å²) in [7, 11) is 3.54. The van der Waals surface area contributed by atoms with Crippen LogP contribution in [0, 0.1) is 11.2 Å². The van der Waals surface area contributed by atoms with Crippen molar-refractivity contribution in [2.75, 3.05) is 27.2 Å². The zero-order valence-electron chi connectivity index (χ0n) is 17.5. The van der Waals surface area contributed by atoms with Gasteiger partial charge in [-0.2, -0.15) is 0 Å². The maximum Gasteiger partial charge on any atom is 0.230 e. The van der Waals surface area contributed by atoms with Crippen LogP contribution in [-0.2, 0) is 16.0 Å². The minimum absolute atomic E-state index is 0.0595. The molecule has 1 fully saturated rings. The molecular weight excluding hydrogens is 367 g/mol. The number of carbonyl (C=O) groups excluding carboxylic acids is 2. The van der Waals surface area contributed by atoms with Gasteiger partial charge in [0.1, 0.15) is 5.82 Å². The summed E-state index contributed by atoms with van der Waals surface area (Å²) < 4.78 is 14.1. The van der Waals surface area contributed by atoms with Crippen molar-refractivity contribution >= 4 is 11.8 Å². The van der Waals surface area contributed by atoms with Crippen LogP contribution in [0.4, 0.5) is 4.39 Å². The number of hydrogen-bond donors (Lipinski definition) is 0. The number of nitrogens with zero attached hydrogens (tertiary/aromatic N) is 2. The van der Waals surface area contributed by atoms with Gasteiger partial charge in [0.15, 0.2) is 0 Å². The van der Waals surface area contributed by atoms with Gasteiger partial charge in [-0.15, -0.1) is 0 Å². The van der Waals surface area contributed by atoms with Gasteiger partial charge in [-0.05, 0) is 36.5 Å². The predicted octanol–water partition coefficient (Wildman–Crippen LogP) is 4.14. The summed E-state index contributed by atoms with van der Waals surface area (Å²) in [6.45, 7) is 3.01. The maximum atomic E-state index is 14.1. The summed E-state index contributed by atoms with van der Waals surface area (Å²) in [6, 6.07) is 14.4. The summed E-state index contributed by atoms with van der Waals surface area (Å²) in [5.74, 6) is -0.0969. The third-order valence-corrected chi connectivity index (χ3v) is 5.77. The summed E-state index contributed by atoms with van der Waals surface area (Å²) in [6.07, 6.45) is 2.59. The van der Waals surface area contributed by atoms with Crippen molar-refractivity contribution in [3.05, 3.63) is 59.9 Å². The lowest BCUT2D eigenvalue weighted by Gasteiger charge is -2.43. The SMILES string of the molecule is CCC(=O)N1CCCC(Cc2ccc(-c3ccccc3F)cc2)(C(=O)N(C)C)C1. The molecule has 1 unspecified atom stereocenters. The molecule has 1 saturated heterocycles. The van der Waals surface area contributed by atoms with Crippen LogP contribution in [-0.4, -0.2) is 48.8 Å². The average molecular weight is 397 g/mol. The number of carbonyl (C=O) groups is 2. The Bertz CT molecular complexity index is 879. The highest BCUT2D eigenvalue weighted by Crippen LogP contribution is 2.36. The van der Waals surface area contributed by atoms with Crippen LogP contribution in [0.2, 0.25) is 0 Å². The van der Waals surface area contributed by atoms with E-state index in [1.54, 1.807) is 31.1 Å². The van der Waals surface area contributed by atoms with Crippen LogP contribution in [0.1, 0.15) is 31.7 Å². The van der Waals surface area contributed by atoms with Crippen molar-refractivity contribution in [3.8, 4) is 11.1 Å². The zero-order valence-corrected chi connectivity index (χ0v) is 17.5. The van der Waals surface area contributed by atoms with E-state index in [-0.39, 0.29) is 17.6 Å². The Balaban J connectivity index is 1.87. The largest absolute Gasteiger partial charge is 0.348 e. The third-order valence-electron chi connectivity index (χ3n) is 5.77. The Morgan fingerprint density at radius 3 is 2.41 bits per heavy atom. The van der Waals surface area contributed by atoms with Crippen LogP contribution in [0.5, 0.6) is 0 Å². The van der Waals surface area contributed by atoms with E-state index in [4.69, 9.17) is 0 Å². The van der Waals surface area contributed by atoms with Crippen LogP contribution < -0.4 is 0 Å². The number of amides is 2. The van der Waals surface area contributed by atoms with E-state index in [1.807, 2.05) is 42.2 Å². The van der Waals surface area contributed by atoms with Crippen molar-refractivity contribution < 1.29 is 14.0 Å². The lowest BCUT2D eigenvalue weighted by Crippen LogP contribution is -2.54. The number of benzene rings is 2. The van der Waals surface area contributed by atoms with Gasteiger partial charge in [0, 0.05) is 39.2 Å². The first-order valence-electron chi connectivity index (χ1n) is 10.2. The fourth-order valence-electron chi connectivity index (χ4n) is 4.33. The smallest absolute Gasteiger partial charge is 0.230 e. The number of piperidine rings is 1. The van der Waals surface area contributed by atoms with E-state index in [0.717, 1.165) is 24.0 Å². The van der Waals surface area contributed by atoms with Crippen molar-refractivity contribution in [2.45, 2.75) is 32.6 Å². The molecule has 2 aromatic carbocycles. The molecule has 2 aromatic rings. The molecule has 4 nitrogen and oxygen atoms in total. The molecule has 0 aromatic heterocycles. The van der Waals surface area contributed by atoms with Gasteiger partial charge in [0.05, 0.1) is 5.41 Å². The normalized spacial score (nSPS) is 19.1. The molecule has 154 valence electrons.